The zero-order valence-electron chi connectivity index (χ0n) is 14.7. The number of carbonyl (C=O) groups excluding carboxylic acids is 2. The molecule has 0 aliphatic carbocycles. The van der Waals surface area contributed by atoms with E-state index in [-0.39, 0.29) is 11.3 Å². The zero-order chi connectivity index (χ0) is 18.1. The van der Waals surface area contributed by atoms with Gasteiger partial charge in [0.2, 0.25) is 0 Å². The molecular formula is C19H24N4O3. The average molecular weight is 356 g/mol. The monoisotopic (exact) mass is 356 g/mol. The molecule has 0 radical (unpaired) electrons. The molecule has 1 aromatic carbocycles. The predicted molar refractivity (Wildman–Crippen MR) is 99.2 cm³/mol. The Kier molecular flexibility index (Phi) is 4.32. The van der Waals surface area contributed by atoms with Crippen molar-refractivity contribution in [2.24, 2.45) is 0 Å². The first-order valence-corrected chi connectivity index (χ1v) is 9.22. The van der Waals surface area contributed by atoms with E-state index in [1.165, 1.54) is 19.3 Å². The van der Waals surface area contributed by atoms with Crippen LogP contribution >= 0.6 is 0 Å². The molecular weight excluding hydrogens is 332 g/mol. The smallest absolute Gasteiger partial charge is 0.264 e. The molecule has 1 spiro atoms. The van der Waals surface area contributed by atoms with Gasteiger partial charge in [0.1, 0.15) is 16.9 Å². The van der Waals surface area contributed by atoms with Crippen LogP contribution in [0.2, 0.25) is 0 Å². The number of anilines is 2. The minimum Gasteiger partial charge on any atom is -0.509 e. The van der Waals surface area contributed by atoms with E-state index in [4.69, 9.17) is 0 Å². The van der Waals surface area contributed by atoms with Crippen LogP contribution < -0.4 is 20.9 Å². The van der Waals surface area contributed by atoms with Gasteiger partial charge in [-0.2, -0.15) is 0 Å². The third kappa shape index (κ3) is 2.92. The second-order valence-electron chi connectivity index (χ2n) is 7.24. The van der Waals surface area contributed by atoms with Crippen LogP contribution in [0.15, 0.2) is 35.6 Å². The summed E-state index contributed by atoms with van der Waals surface area (Å²) < 4.78 is 0. The Morgan fingerprint density at radius 1 is 1.15 bits per heavy atom. The molecule has 4 rings (SSSR count). The quantitative estimate of drug-likeness (QED) is 0.613. The molecule has 2 amide bonds. The lowest BCUT2D eigenvalue weighted by Crippen LogP contribution is -2.46. The number of aliphatic hydroxyl groups excluding tert-OH is 1. The molecule has 3 aliphatic heterocycles. The predicted octanol–water partition coefficient (Wildman–Crippen LogP) is 1.29. The Hall–Kier alpha value is -2.54. The van der Waals surface area contributed by atoms with Gasteiger partial charge >= 0.3 is 0 Å². The van der Waals surface area contributed by atoms with Gasteiger partial charge in [-0.3, -0.25) is 9.59 Å². The summed E-state index contributed by atoms with van der Waals surface area (Å²) in [5, 5.41) is 19.0. The van der Waals surface area contributed by atoms with Crippen LogP contribution in [0.25, 0.3) is 0 Å². The molecule has 1 atom stereocenters. The highest BCUT2D eigenvalue weighted by Crippen LogP contribution is 2.31. The van der Waals surface area contributed by atoms with Crippen LogP contribution in [-0.4, -0.2) is 48.6 Å². The average Bonchev–Trinajstić information content (AvgIpc) is 3.21. The SMILES string of the molecule is O=C(Nc1ccc(N2CCCCC2)cc1)C1=C(O)C2(CCNC2)NC1=O. The maximum atomic E-state index is 12.5. The summed E-state index contributed by atoms with van der Waals surface area (Å²) in [5.41, 5.74) is 0.726. The van der Waals surface area contributed by atoms with Gasteiger partial charge in [0.05, 0.1) is 0 Å². The Labute approximate surface area is 152 Å². The molecule has 7 nitrogen and oxygen atoms in total. The van der Waals surface area contributed by atoms with E-state index in [1.807, 2.05) is 24.3 Å². The zero-order valence-corrected chi connectivity index (χ0v) is 14.7. The number of nitrogens with one attached hydrogen (secondary N) is 3. The molecule has 4 N–H and O–H groups in total. The van der Waals surface area contributed by atoms with E-state index in [0.29, 0.717) is 25.2 Å². The maximum absolute atomic E-state index is 12.5. The number of hydrogen-bond donors (Lipinski definition) is 4. The first-order valence-electron chi connectivity index (χ1n) is 9.22. The summed E-state index contributed by atoms with van der Waals surface area (Å²) in [6.07, 6.45) is 4.27. The number of amides is 2. The number of hydrogen-bond acceptors (Lipinski definition) is 5. The molecule has 0 bridgehead atoms. The standard InChI is InChI=1S/C19H24N4O3/c24-16-15(18(26)22-19(16)8-9-20-12-19)17(25)21-13-4-6-14(7-5-13)23-10-2-1-3-11-23/h4-7,20,24H,1-3,8-12H2,(H,21,25)(H,22,26). The second-order valence-corrected chi connectivity index (χ2v) is 7.24. The summed E-state index contributed by atoms with van der Waals surface area (Å²) in [6, 6.07) is 7.62. The molecule has 1 unspecified atom stereocenters. The third-order valence-corrected chi connectivity index (χ3v) is 5.50. The molecule has 1 aromatic rings. The Balaban J connectivity index is 1.47. The minimum atomic E-state index is -0.831. The number of benzene rings is 1. The first-order chi connectivity index (χ1) is 12.6. The van der Waals surface area contributed by atoms with Gasteiger partial charge in [0.25, 0.3) is 11.8 Å². The van der Waals surface area contributed by atoms with E-state index >= 15 is 0 Å². The number of carbonyl (C=O) groups is 2. The van der Waals surface area contributed by atoms with E-state index in [9.17, 15) is 14.7 Å². The molecule has 3 heterocycles. The molecule has 2 saturated heterocycles. The summed E-state index contributed by atoms with van der Waals surface area (Å²) in [7, 11) is 0. The fourth-order valence-corrected chi connectivity index (χ4v) is 4.00. The third-order valence-electron chi connectivity index (χ3n) is 5.50. The second kappa shape index (κ2) is 6.64. The largest absolute Gasteiger partial charge is 0.509 e. The van der Waals surface area contributed by atoms with E-state index < -0.39 is 17.4 Å². The van der Waals surface area contributed by atoms with Crippen LogP contribution in [-0.2, 0) is 9.59 Å². The molecule has 0 saturated carbocycles. The summed E-state index contributed by atoms with van der Waals surface area (Å²) >= 11 is 0. The lowest BCUT2D eigenvalue weighted by Gasteiger charge is -2.28. The van der Waals surface area contributed by atoms with Crippen molar-refractivity contribution in [3.05, 3.63) is 35.6 Å². The number of nitrogens with zero attached hydrogens (tertiary/aromatic N) is 1. The van der Waals surface area contributed by atoms with Crippen LogP contribution in [0.5, 0.6) is 0 Å². The van der Waals surface area contributed by atoms with Crippen LogP contribution in [0.3, 0.4) is 0 Å². The fourth-order valence-electron chi connectivity index (χ4n) is 4.00. The summed E-state index contributed by atoms with van der Waals surface area (Å²) in [6.45, 7) is 3.24. The molecule has 138 valence electrons. The van der Waals surface area contributed by atoms with Crippen LogP contribution in [0.4, 0.5) is 11.4 Å². The van der Waals surface area contributed by atoms with Gasteiger partial charge in [-0.15, -0.1) is 0 Å². The highest BCUT2D eigenvalue weighted by molar-refractivity contribution is 6.25. The topological polar surface area (TPSA) is 93.7 Å². The van der Waals surface area contributed by atoms with Gasteiger partial charge in [-0.1, -0.05) is 0 Å². The Morgan fingerprint density at radius 2 is 1.88 bits per heavy atom. The minimum absolute atomic E-state index is 0.157. The van der Waals surface area contributed by atoms with Crippen LogP contribution in [0.1, 0.15) is 25.7 Å². The van der Waals surface area contributed by atoms with Crippen molar-refractivity contribution in [3.63, 3.8) is 0 Å². The molecule has 0 aromatic heterocycles. The summed E-state index contributed by atoms with van der Waals surface area (Å²) in [5.74, 6) is -1.25. The van der Waals surface area contributed by atoms with E-state index in [0.717, 1.165) is 18.8 Å². The lowest BCUT2D eigenvalue weighted by atomic mass is 9.97. The molecule has 3 aliphatic rings. The van der Waals surface area contributed by atoms with Crippen molar-refractivity contribution in [2.45, 2.75) is 31.2 Å². The van der Waals surface area contributed by atoms with Crippen molar-refractivity contribution in [1.29, 1.82) is 0 Å². The highest BCUT2D eigenvalue weighted by atomic mass is 16.3. The van der Waals surface area contributed by atoms with E-state index in [2.05, 4.69) is 20.9 Å². The summed E-state index contributed by atoms with van der Waals surface area (Å²) in [4.78, 5) is 27.1. The van der Waals surface area contributed by atoms with Crippen molar-refractivity contribution in [1.82, 2.24) is 10.6 Å². The fraction of sp³-hybridized carbons (Fsp3) is 0.474. The molecule has 26 heavy (non-hydrogen) atoms. The van der Waals surface area contributed by atoms with Gasteiger partial charge < -0.3 is 26.0 Å². The van der Waals surface area contributed by atoms with E-state index in [1.54, 1.807) is 0 Å². The van der Waals surface area contributed by atoms with Gasteiger partial charge in [-0.05, 0) is 56.5 Å². The number of rotatable bonds is 3. The van der Waals surface area contributed by atoms with Crippen molar-refractivity contribution in [2.75, 3.05) is 36.4 Å². The van der Waals surface area contributed by atoms with Gasteiger partial charge in [-0.25, -0.2) is 0 Å². The van der Waals surface area contributed by atoms with Crippen molar-refractivity contribution >= 4 is 23.2 Å². The molecule has 2 fully saturated rings. The van der Waals surface area contributed by atoms with Crippen molar-refractivity contribution < 1.29 is 14.7 Å². The number of aliphatic hydroxyl groups is 1. The molecule has 7 heteroatoms. The van der Waals surface area contributed by atoms with Crippen LogP contribution in [0, 0.1) is 0 Å². The first kappa shape index (κ1) is 16.9. The maximum Gasteiger partial charge on any atom is 0.264 e. The van der Waals surface area contributed by atoms with Gasteiger partial charge in [0.15, 0.2) is 0 Å². The normalized spacial score (nSPS) is 25.7. The highest BCUT2D eigenvalue weighted by Gasteiger charge is 2.49. The van der Waals surface area contributed by atoms with Gasteiger partial charge in [0, 0.05) is 31.0 Å². The number of piperidine rings is 1. The lowest BCUT2D eigenvalue weighted by molar-refractivity contribution is -0.121. The Bertz CT molecular complexity index is 745. The van der Waals surface area contributed by atoms with Crippen molar-refractivity contribution in [3.8, 4) is 0 Å². The Morgan fingerprint density at radius 3 is 2.54 bits per heavy atom.